The summed E-state index contributed by atoms with van der Waals surface area (Å²) < 4.78 is 0. The molecular formula is C11H23N3OS. The Kier molecular flexibility index (Phi) is 6.16. The number of carbonyl (C=O) groups excluding carboxylic acids is 1. The van der Waals surface area contributed by atoms with Gasteiger partial charge in [-0.1, -0.05) is 0 Å². The van der Waals surface area contributed by atoms with Crippen molar-refractivity contribution in [1.82, 2.24) is 10.2 Å². The number of nitrogens with two attached hydrogens (primary N) is 1. The molecule has 0 spiro atoms. The molecule has 0 aromatic rings. The van der Waals surface area contributed by atoms with Crippen LogP contribution in [0, 0.1) is 0 Å². The zero-order chi connectivity index (χ0) is 12.0. The highest BCUT2D eigenvalue weighted by Gasteiger charge is 2.21. The molecule has 0 bridgehead atoms. The fraction of sp³-hybridized carbons (Fsp3) is 0.909. The first kappa shape index (κ1) is 13.8. The quantitative estimate of drug-likeness (QED) is 0.730. The van der Waals surface area contributed by atoms with Crippen molar-refractivity contribution < 1.29 is 4.79 Å². The Labute approximate surface area is 102 Å². The normalized spacial score (nSPS) is 24.1. The van der Waals surface area contributed by atoms with E-state index >= 15 is 0 Å². The van der Waals surface area contributed by atoms with E-state index in [0.717, 1.165) is 38.1 Å². The molecule has 1 rings (SSSR count). The molecule has 0 aromatic heterocycles. The van der Waals surface area contributed by atoms with Gasteiger partial charge in [0, 0.05) is 12.6 Å². The maximum absolute atomic E-state index is 11.8. The van der Waals surface area contributed by atoms with Crippen molar-refractivity contribution in [1.29, 1.82) is 0 Å². The summed E-state index contributed by atoms with van der Waals surface area (Å²) >= 11 is 1.73. The van der Waals surface area contributed by atoms with Crippen LogP contribution < -0.4 is 11.1 Å². The number of carbonyl (C=O) groups is 1. The minimum Gasteiger partial charge on any atom is -0.351 e. The van der Waals surface area contributed by atoms with Crippen LogP contribution in [0.3, 0.4) is 0 Å². The van der Waals surface area contributed by atoms with Crippen LogP contribution in [0.25, 0.3) is 0 Å². The van der Waals surface area contributed by atoms with Crippen molar-refractivity contribution >= 4 is 17.7 Å². The number of rotatable bonds is 5. The predicted octanol–water partition coefficient (Wildman–Crippen LogP) is 0.277. The first-order chi connectivity index (χ1) is 7.63. The smallest absolute Gasteiger partial charge is 0.237 e. The van der Waals surface area contributed by atoms with Gasteiger partial charge in [-0.05, 0) is 44.9 Å². The number of likely N-dealkylation sites (N-methyl/N-ethyl adjacent to an activating group) is 1. The van der Waals surface area contributed by atoms with E-state index in [2.05, 4.69) is 17.3 Å². The fourth-order valence-corrected chi connectivity index (χ4v) is 2.46. The van der Waals surface area contributed by atoms with Crippen LogP contribution in [-0.4, -0.2) is 55.0 Å². The summed E-state index contributed by atoms with van der Waals surface area (Å²) in [6.07, 6.45) is 5.02. The predicted molar refractivity (Wildman–Crippen MR) is 69.6 cm³/mol. The van der Waals surface area contributed by atoms with Crippen LogP contribution in [0.4, 0.5) is 0 Å². The average Bonchev–Trinajstić information content (AvgIpc) is 2.25. The minimum absolute atomic E-state index is 0.00866. The number of likely N-dealkylation sites (tertiary alicyclic amines) is 1. The molecule has 0 aliphatic carbocycles. The van der Waals surface area contributed by atoms with E-state index in [1.807, 2.05) is 6.26 Å². The summed E-state index contributed by atoms with van der Waals surface area (Å²) in [4.78, 5) is 14.0. The van der Waals surface area contributed by atoms with Crippen LogP contribution in [0.1, 0.15) is 19.3 Å². The molecule has 0 radical (unpaired) electrons. The zero-order valence-corrected chi connectivity index (χ0v) is 11.1. The summed E-state index contributed by atoms with van der Waals surface area (Å²) in [6.45, 7) is 2.08. The van der Waals surface area contributed by atoms with Gasteiger partial charge in [0.25, 0.3) is 0 Å². The van der Waals surface area contributed by atoms with E-state index in [4.69, 9.17) is 5.73 Å². The lowest BCUT2D eigenvalue weighted by Crippen LogP contribution is -2.51. The van der Waals surface area contributed by atoms with E-state index < -0.39 is 0 Å². The van der Waals surface area contributed by atoms with Crippen molar-refractivity contribution in [3.63, 3.8) is 0 Å². The first-order valence-corrected chi connectivity index (χ1v) is 7.26. The van der Waals surface area contributed by atoms with Gasteiger partial charge in [-0.3, -0.25) is 4.79 Å². The van der Waals surface area contributed by atoms with E-state index in [1.54, 1.807) is 11.8 Å². The number of piperidine rings is 1. The lowest BCUT2D eigenvalue weighted by Gasteiger charge is -2.30. The topological polar surface area (TPSA) is 58.4 Å². The molecule has 1 heterocycles. The number of nitrogens with one attached hydrogen (secondary N) is 1. The molecule has 1 fully saturated rings. The lowest BCUT2D eigenvalue weighted by atomic mass is 10.1. The molecule has 2 atom stereocenters. The van der Waals surface area contributed by atoms with Gasteiger partial charge in [0.05, 0.1) is 6.04 Å². The van der Waals surface area contributed by atoms with Crippen molar-refractivity contribution in [2.45, 2.75) is 31.3 Å². The van der Waals surface area contributed by atoms with Crippen molar-refractivity contribution in [2.24, 2.45) is 5.73 Å². The highest BCUT2D eigenvalue weighted by Crippen LogP contribution is 2.08. The summed E-state index contributed by atoms with van der Waals surface area (Å²) in [7, 11) is 2.09. The third kappa shape index (κ3) is 4.72. The Balaban J connectivity index is 2.26. The molecule has 0 saturated carbocycles. The van der Waals surface area contributed by atoms with E-state index in [1.165, 1.54) is 0 Å². The van der Waals surface area contributed by atoms with Gasteiger partial charge in [0.2, 0.25) is 5.91 Å². The Bertz CT molecular complexity index is 225. The monoisotopic (exact) mass is 245 g/mol. The maximum atomic E-state index is 11.8. The summed E-state index contributed by atoms with van der Waals surface area (Å²) in [5, 5.41) is 3.04. The molecule has 3 N–H and O–H groups in total. The summed E-state index contributed by atoms with van der Waals surface area (Å²) in [5.74, 6) is 0.952. The maximum Gasteiger partial charge on any atom is 0.237 e. The van der Waals surface area contributed by atoms with E-state index in [-0.39, 0.29) is 18.0 Å². The van der Waals surface area contributed by atoms with Gasteiger partial charge in [-0.15, -0.1) is 0 Å². The van der Waals surface area contributed by atoms with Crippen LogP contribution in [0.2, 0.25) is 0 Å². The molecule has 1 saturated heterocycles. The van der Waals surface area contributed by atoms with E-state index in [0.29, 0.717) is 0 Å². The van der Waals surface area contributed by atoms with Crippen LogP contribution in [-0.2, 0) is 4.79 Å². The summed E-state index contributed by atoms with van der Waals surface area (Å²) in [5.41, 5.74) is 5.82. The van der Waals surface area contributed by atoms with Crippen molar-refractivity contribution in [2.75, 3.05) is 32.1 Å². The molecule has 4 nitrogen and oxygen atoms in total. The van der Waals surface area contributed by atoms with Gasteiger partial charge in [0.1, 0.15) is 0 Å². The number of nitrogens with zero attached hydrogens (tertiary/aromatic N) is 1. The third-order valence-electron chi connectivity index (χ3n) is 2.94. The molecule has 16 heavy (non-hydrogen) atoms. The third-order valence-corrected chi connectivity index (χ3v) is 3.58. The van der Waals surface area contributed by atoms with Crippen LogP contribution in [0.5, 0.6) is 0 Å². The Morgan fingerprint density at radius 3 is 3.06 bits per heavy atom. The first-order valence-electron chi connectivity index (χ1n) is 5.87. The number of amides is 1. The molecule has 1 unspecified atom stereocenters. The number of thioether (sulfide) groups is 1. The molecule has 0 aromatic carbocycles. The minimum atomic E-state index is -0.348. The van der Waals surface area contributed by atoms with Gasteiger partial charge in [-0.25, -0.2) is 0 Å². The Hall–Kier alpha value is -0.260. The van der Waals surface area contributed by atoms with Crippen LogP contribution >= 0.6 is 11.8 Å². The number of hydrogen-bond acceptors (Lipinski definition) is 4. The standard InChI is InChI=1S/C11H23N3OS/c1-14-6-3-4-9(8-14)13-11(15)10(12)5-7-16-2/h9-10H,3-8,12H2,1-2H3,(H,13,15)/t9?,10-/m1/s1. The van der Waals surface area contributed by atoms with Gasteiger partial charge >= 0.3 is 0 Å². The van der Waals surface area contributed by atoms with Crippen LogP contribution in [0.15, 0.2) is 0 Å². The largest absolute Gasteiger partial charge is 0.351 e. The highest BCUT2D eigenvalue weighted by atomic mass is 32.2. The molecular weight excluding hydrogens is 222 g/mol. The Morgan fingerprint density at radius 1 is 1.69 bits per heavy atom. The van der Waals surface area contributed by atoms with E-state index in [9.17, 15) is 4.79 Å². The molecule has 1 aliphatic heterocycles. The molecule has 1 amide bonds. The van der Waals surface area contributed by atoms with Gasteiger partial charge in [0.15, 0.2) is 0 Å². The Morgan fingerprint density at radius 2 is 2.44 bits per heavy atom. The fourth-order valence-electron chi connectivity index (χ4n) is 1.97. The molecule has 1 aliphatic rings. The number of hydrogen-bond donors (Lipinski definition) is 2. The zero-order valence-electron chi connectivity index (χ0n) is 10.2. The second-order valence-corrected chi connectivity index (χ2v) is 5.48. The molecule has 94 valence electrons. The van der Waals surface area contributed by atoms with Gasteiger partial charge < -0.3 is 16.0 Å². The lowest BCUT2D eigenvalue weighted by molar-refractivity contribution is -0.123. The van der Waals surface area contributed by atoms with Crippen molar-refractivity contribution in [3.05, 3.63) is 0 Å². The SMILES string of the molecule is CSCC[C@@H](N)C(=O)NC1CCCN(C)C1. The molecule has 5 heteroatoms. The van der Waals surface area contributed by atoms with Crippen molar-refractivity contribution in [3.8, 4) is 0 Å². The highest BCUT2D eigenvalue weighted by molar-refractivity contribution is 7.98. The van der Waals surface area contributed by atoms with Gasteiger partial charge in [-0.2, -0.15) is 11.8 Å². The second-order valence-electron chi connectivity index (χ2n) is 4.50. The average molecular weight is 245 g/mol. The summed E-state index contributed by atoms with van der Waals surface area (Å²) in [6, 6.07) is -0.0636. The second kappa shape index (κ2) is 7.14.